The fourth-order valence-electron chi connectivity index (χ4n) is 5.41. The Balaban J connectivity index is 1.32. The molecule has 3 aromatic carbocycles. The van der Waals surface area contributed by atoms with Crippen LogP contribution in [0, 0.1) is 11.3 Å². The highest BCUT2D eigenvalue weighted by atomic mass is 16.6. The first kappa shape index (κ1) is 26.3. The fourth-order valence-corrected chi connectivity index (χ4v) is 5.41. The van der Waals surface area contributed by atoms with Crippen molar-refractivity contribution in [2.24, 2.45) is 0 Å². The number of nitrogens with zero attached hydrogens (tertiary/aromatic N) is 2. The smallest absolute Gasteiger partial charge is 0.407 e. The molecule has 1 aliphatic carbocycles. The van der Waals surface area contributed by atoms with Gasteiger partial charge in [0, 0.05) is 30.2 Å². The van der Waals surface area contributed by atoms with Crippen molar-refractivity contribution in [1.29, 1.82) is 5.26 Å². The molecular formula is C32H34N4O3. The molecule has 2 amide bonds. The van der Waals surface area contributed by atoms with Gasteiger partial charge in [0.25, 0.3) is 5.91 Å². The van der Waals surface area contributed by atoms with Gasteiger partial charge in [-0.15, -0.1) is 0 Å². The van der Waals surface area contributed by atoms with E-state index in [2.05, 4.69) is 45.5 Å². The molecule has 7 heteroatoms. The first-order valence-electron chi connectivity index (χ1n) is 13.5. The lowest BCUT2D eigenvalue weighted by molar-refractivity contribution is 0.0488. The Morgan fingerprint density at radius 1 is 0.949 bits per heavy atom. The summed E-state index contributed by atoms with van der Waals surface area (Å²) in [5.74, 6) is -0.120. The Hall–Kier alpha value is -4.31. The van der Waals surface area contributed by atoms with Gasteiger partial charge in [-0.3, -0.25) is 4.79 Å². The summed E-state index contributed by atoms with van der Waals surface area (Å²) >= 11 is 0. The van der Waals surface area contributed by atoms with Crippen molar-refractivity contribution in [1.82, 2.24) is 15.2 Å². The highest BCUT2D eigenvalue weighted by Crippen LogP contribution is 2.27. The Morgan fingerprint density at radius 2 is 1.64 bits per heavy atom. The molecule has 39 heavy (non-hydrogen) atoms. The van der Waals surface area contributed by atoms with Gasteiger partial charge in [-0.05, 0) is 74.9 Å². The van der Waals surface area contributed by atoms with Crippen molar-refractivity contribution in [3.8, 4) is 6.07 Å². The van der Waals surface area contributed by atoms with Crippen molar-refractivity contribution in [3.63, 3.8) is 0 Å². The summed E-state index contributed by atoms with van der Waals surface area (Å²) in [6.45, 7) is 6.12. The summed E-state index contributed by atoms with van der Waals surface area (Å²) in [6.07, 6.45) is 4.61. The Morgan fingerprint density at radius 3 is 2.36 bits per heavy atom. The molecule has 1 fully saturated rings. The standard InChI is InChI=1S/C32H34N4O3/c1-32(2,3)39-31(38)35-25-14-12-24(13-15-25)34-30(37)28-20-36(29-17-21(18-33)11-16-27(28)29)19-23-9-6-8-22-7-4-5-10-26(22)23/h4-11,16-17,20,24-25H,12-15,19H2,1-3H3,(H,34,37)(H,35,38). The van der Waals surface area contributed by atoms with Gasteiger partial charge >= 0.3 is 6.09 Å². The predicted molar refractivity (Wildman–Crippen MR) is 153 cm³/mol. The second-order valence-electron chi connectivity index (χ2n) is 11.3. The molecule has 0 unspecified atom stereocenters. The van der Waals surface area contributed by atoms with E-state index >= 15 is 0 Å². The molecular weight excluding hydrogens is 488 g/mol. The third-order valence-electron chi connectivity index (χ3n) is 7.26. The predicted octanol–water partition coefficient (Wildman–Crippen LogP) is 6.28. The van der Waals surface area contributed by atoms with Crippen LogP contribution < -0.4 is 10.6 Å². The molecule has 0 radical (unpaired) electrons. The van der Waals surface area contributed by atoms with Crippen LogP contribution in [0.15, 0.2) is 66.9 Å². The molecule has 200 valence electrons. The van der Waals surface area contributed by atoms with Crippen LogP contribution in [0.4, 0.5) is 4.79 Å². The minimum Gasteiger partial charge on any atom is -0.444 e. The molecule has 5 rings (SSSR count). The number of alkyl carbamates (subject to hydrolysis) is 1. The number of benzene rings is 3. The third-order valence-corrected chi connectivity index (χ3v) is 7.26. The van der Waals surface area contributed by atoms with Crippen LogP contribution in [0.2, 0.25) is 0 Å². The molecule has 1 aromatic heterocycles. The lowest BCUT2D eigenvalue weighted by atomic mass is 9.91. The van der Waals surface area contributed by atoms with E-state index in [1.807, 2.05) is 57.3 Å². The van der Waals surface area contributed by atoms with E-state index in [4.69, 9.17) is 4.74 Å². The zero-order valence-electron chi connectivity index (χ0n) is 22.7. The highest BCUT2D eigenvalue weighted by Gasteiger charge is 2.27. The van der Waals surface area contributed by atoms with Gasteiger partial charge in [-0.25, -0.2) is 4.79 Å². The number of carbonyl (C=O) groups is 2. The average Bonchev–Trinajstić information content (AvgIpc) is 3.26. The molecule has 0 saturated heterocycles. The third kappa shape index (κ3) is 6.06. The molecule has 4 aromatic rings. The maximum Gasteiger partial charge on any atom is 0.407 e. The summed E-state index contributed by atoms with van der Waals surface area (Å²) in [5.41, 5.74) is 2.63. The molecule has 1 heterocycles. The van der Waals surface area contributed by atoms with E-state index in [0.717, 1.165) is 42.1 Å². The number of nitrogens with one attached hydrogen (secondary N) is 2. The second-order valence-corrected chi connectivity index (χ2v) is 11.3. The van der Waals surface area contributed by atoms with Crippen LogP contribution in [-0.4, -0.2) is 34.3 Å². The summed E-state index contributed by atoms with van der Waals surface area (Å²) in [4.78, 5) is 25.6. The van der Waals surface area contributed by atoms with Crippen molar-refractivity contribution in [2.45, 2.75) is 70.7 Å². The average molecular weight is 523 g/mol. The van der Waals surface area contributed by atoms with Crippen LogP contribution in [0.3, 0.4) is 0 Å². The Kier molecular flexibility index (Phi) is 7.30. The lowest BCUT2D eigenvalue weighted by Crippen LogP contribution is -2.45. The molecule has 0 bridgehead atoms. The van der Waals surface area contributed by atoms with Gasteiger partial charge in [-0.1, -0.05) is 48.5 Å². The number of ether oxygens (including phenoxy) is 1. The van der Waals surface area contributed by atoms with Gasteiger partial charge in [-0.2, -0.15) is 5.26 Å². The number of aromatic nitrogens is 1. The molecule has 1 aliphatic rings. The number of hydrogen-bond donors (Lipinski definition) is 2. The zero-order chi connectivity index (χ0) is 27.6. The number of amides is 2. The SMILES string of the molecule is CC(C)(C)OC(=O)NC1CCC(NC(=O)c2cn(Cc3cccc4ccccc34)c3cc(C#N)ccc23)CC1. The fraction of sp³-hybridized carbons (Fsp3) is 0.344. The van der Waals surface area contributed by atoms with E-state index in [1.165, 1.54) is 10.8 Å². The summed E-state index contributed by atoms with van der Waals surface area (Å²) < 4.78 is 7.44. The number of carbonyl (C=O) groups excluding carboxylic acids is 2. The second kappa shape index (κ2) is 10.8. The highest BCUT2D eigenvalue weighted by molar-refractivity contribution is 6.07. The first-order chi connectivity index (χ1) is 18.7. The number of fused-ring (bicyclic) bond motifs is 2. The van der Waals surface area contributed by atoms with E-state index in [0.29, 0.717) is 17.7 Å². The van der Waals surface area contributed by atoms with Gasteiger partial charge in [0.1, 0.15) is 5.60 Å². The topological polar surface area (TPSA) is 96.2 Å². The minimum absolute atomic E-state index is 0.0315. The molecule has 2 N–H and O–H groups in total. The lowest BCUT2D eigenvalue weighted by Gasteiger charge is -2.30. The molecule has 0 atom stereocenters. The Bertz CT molecular complexity index is 1560. The summed E-state index contributed by atoms with van der Waals surface area (Å²) in [6, 6.07) is 22.3. The Labute approximate surface area is 228 Å². The van der Waals surface area contributed by atoms with Crippen molar-refractivity contribution in [3.05, 3.63) is 83.6 Å². The monoisotopic (exact) mass is 522 g/mol. The maximum absolute atomic E-state index is 13.5. The van der Waals surface area contributed by atoms with E-state index in [1.54, 1.807) is 6.07 Å². The normalized spacial score (nSPS) is 17.5. The van der Waals surface area contributed by atoms with Crippen LogP contribution >= 0.6 is 0 Å². The molecule has 7 nitrogen and oxygen atoms in total. The van der Waals surface area contributed by atoms with Crippen LogP contribution in [0.1, 0.15) is 67.9 Å². The molecule has 0 aliphatic heterocycles. The van der Waals surface area contributed by atoms with E-state index in [-0.39, 0.29) is 18.0 Å². The minimum atomic E-state index is -0.532. The van der Waals surface area contributed by atoms with Gasteiger partial charge in [0.05, 0.1) is 22.7 Å². The largest absolute Gasteiger partial charge is 0.444 e. The van der Waals surface area contributed by atoms with Crippen molar-refractivity contribution in [2.75, 3.05) is 0 Å². The zero-order valence-corrected chi connectivity index (χ0v) is 22.7. The number of hydrogen-bond acceptors (Lipinski definition) is 4. The summed E-state index contributed by atoms with van der Waals surface area (Å²) in [7, 11) is 0. The van der Waals surface area contributed by atoms with Crippen molar-refractivity contribution >= 4 is 33.7 Å². The summed E-state index contributed by atoms with van der Waals surface area (Å²) in [5, 5.41) is 18.8. The number of rotatable bonds is 5. The first-order valence-corrected chi connectivity index (χ1v) is 13.5. The molecule has 1 saturated carbocycles. The van der Waals surface area contributed by atoms with Gasteiger partial charge in [0.2, 0.25) is 0 Å². The van der Waals surface area contributed by atoms with Crippen LogP contribution in [0.25, 0.3) is 21.7 Å². The quantitative estimate of drug-likeness (QED) is 0.322. The van der Waals surface area contributed by atoms with E-state index < -0.39 is 11.7 Å². The van der Waals surface area contributed by atoms with E-state index in [9.17, 15) is 14.9 Å². The van der Waals surface area contributed by atoms with Crippen molar-refractivity contribution < 1.29 is 14.3 Å². The van der Waals surface area contributed by atoms with Crippen LogP contribution in [0.5, 0.6) is 0 Å². The van der Waals surface area contributed by atoms with Crippen LogP contribution in [-0.2, 0) is 11.3 Å². The number of nitriles is 1. The molecule has 0 spiro atoms. The van der Waals surface area contributed by atoms with Gasteiger partial charge < -0.3 is 19.9 Å². The maximum atomic E-state index is 13.5. The van der Waals surface area contributed by atoms with Gasteiger partial charge in [0.15, 0.2) is 0 Å².